The number of aliphatic hydroxyl groups is 1. The molecular weight excluding hydrogens is 134 g/mol. The lowest BCUT2D eigenvalue weighted by Gasteiger charge is -2.35. The molecule has 0 atom stereocenters. The smallest absolute Gasteiger partial charge is 0.248 e. The molecule has 1 rings (SSSR count). The van der Waals surface area contributed by atoms with E-state index < -0.39 is 6.61 Å². The molecule has 0 bridgehead atoms. The van der Waals surface area contributed by atoms with Crippen LogP contribution in [0.3, 0.4) is 0 Å². The van der Waals surface area contributed by atoms with E-state index in [0.717, 1.165) is 6.29 Å². The second-order valence-corrected chi connectivity index (χ2v) is 2.35. The highest BCUT2D eigenvalue weighted by Gasteiger charge is 2.29. The molecule has 0 aliphatic carbocycles. The molecule has 0 radical (unpaired) electrons. The van der Waals surface area contributed by atoms with Crippen LogP contribution in [0, 0.1) is 5.92 Å². The second kappa shape index (κ2) is 2.79. The van der Waals surface area contributed by atoms with E-state index in [1.807, 2.05) is 0 Å². The van der Waals surface area contributed by atoms with Gasteiger partial charge in [0.2, 0.25) is 5.91 Å². The van der Waals surface area contributed by atoms with Crippen molar-refractivity contribution in [3.63, 3.8) is 0 Å². The van der Waals surface area contributed by atoms with Crippen LogP contribution in [0.2, 0.25) is 0 Å². The standard InChI is InChI=1S/C6H9NO3/c8-3-5-1-7(2-5)6(10)4-9/h3,5,9H,1-2,4H2. The molecule has 56 valence electrons. The fourth-order valence-corrected chi connectivity index (χ4v) is 0.902. The van der Waals surface area contributed by atoms with Crippen LogP contribution in [0.5, 0.6) is 0 Å². The molecule has 0 aromatic heterocycles. The molecule has 0 unspecified atom stereocenters. The minimum atomic E-state index is -0.453. The maximum absolute atomic E-state index is 10.6. The Morgan fingerprint density at radius 3 is 2.70 bits per heavy atom. The average molecular weight is 143 g/mol. The number of rotatable bonds is 2. The largest absolute Gasteiger partial charge is 0.387 e. The summed E-state index contributed by atoms with van der Waals surface area (Å²) < 4.78 is 0. The Morgan fingerprint density at radius 2 is 2.30 bits per heavy atom. The van der Waals surface area contributed by atoms with Gasteiger partial charge in [0.1, 0.15) is 12.9 Å². The third kappa shape index (κ3) is 1.16. The molecule has 0 aromatic carbocycles. The van der Waals surface area contributed by atoms with E-state index in [9.17, 15) is 9.59 Å². The van der Waals surface area contributed by atoms with Crippen molar-refractivity contribution in [3.05, 3.63) is 0 Å². The molecule has 1 fully saturated rings. The summed E-state index contributed by atoms with van der Waals surface area (Å²) in [4.78, 5) is 22.1. The van der Waals surface area contributed by atoms with Crippen LogP contribution in [0.15, 0.2) is 0 Å². The highest BCUT2D eigenvalue weighted by molar-refractivity contribution is 5.79. The van der Waals surface area contributed by atoms with Crippen LogP contribution < -0.4 is 0 Å². The predicted molar refractivity (Wildman–Crippen MR) is 33.2 cm³/mol. The number of carbonyl (C=O) groups is 2. The van der Waals surface area contributed by atoms with E-state index in [1.54, 1.807) is 0 Å². The summed E-state index contributed by atoms with van der Waals surface area (Å²) >= 11 is 0. The van der Waals surface area contributed by atoms with Gasteiger partial charge < -0.3 is 14.8 Å². The van der Waals surface area contributed by atoms with Gasteiger partial charge in [-0.2, -0.15) is 0 Å². The first-order valence-corrected chi connectivity index (χ1v) is 3.12. The maximum Gasteiger partial charge on any atom is 0.248 e. The van der Waals surface area contributed by atoms with E-state index in [-0.39, 0.29) is 11.8 Å². The Kier molecular flexibility index (Phi) is 2.01. The van der Waals surface area contributed by atoms with E-state index >= 15 is 0 Å². The first-order chi connectivity index (χ1) is 4.77. The predicted octanol–water partition coefficient (Wildman–Crippen LogP) is -1.36. The third-order valence-corrected chi connectivity index (χ3v) is 1.59. The molecule has 0 saturated carbocycles. The molecule has 1 heterocycles. The molecule has 4 heteroatoms. The molecule has 1 amide bonds. The summed E-state index contributed by atoms with van der Waals surface area (Å²) in [5.41, 5.74) is 0. The Morgan fingerprint density at radius 1 is 1.70 bits per heavy atom. The molecular formula is C6H9NO3. The van der Waals surface area contributed by atoms with E-state index in [1.165, 1.54) is 4.90 Å². The average Bonchev–Trinajstić information content (AvgIpc) is 1.85. The Balaban J connectivity index is 2.25. The summed E-state index contributed by atoms with van der Waals surface area (Å²) in [5, 5.41) is 8.35. The lowest BCUT2D eigenvalue weighted by molar-refractivity contribution is -0.141. The monoisotopic (exact) mass is 143 g/mol. The number of hydrogen-bond acceptors (Lipinski definition) is 3. The van der Waals surface area contributed by atoms with Crippen LogP contribution in [-0.2, 0) is 9.59 Å². The van der Waals surface area contributed by atoms with Crippen molar-refractivity contribution < 1.29 is 14.7 Å². The zero-order valence-electron chi connectivity index (χ0n) is 5.49. The number of aldehydes is 1. The molecule has 10 heavy (non-hydrogen) atoms. The Hall–Kier alpha value is -0.900. The quantitative estimate of drug-likeness (QED) is 0.485. The van der Waals surface area contributed by atoms with Crippen molar-refractivity contribution >= 4 is 12.2 Å². The lowest BCUT2D eigenvalue weighted by atomic mass is 10.0. The van der Waals surface area contributed by atoms with Gasteiger partial charge in [-0.3, -0.25) is 4.79 Å². The van der Waals surface area contributed by atoms with Gasteiger partial charge in [0, 0.05) is 19.0 Å². The van der Waals surface area contributed by atoms with Crippen molar-refractivity contribution in [2.75, 3.05) is 19.7 Å². The van der Waals surface area contributed by atoms with Crippen molar-refractivity contribution in [2.45, 2.75) is 0 Å². The maximum atomic E-state index is 10.6. The molecule has 0 spiro atoms. The normalized spacial score (nSPS) is 18.3. The summed E-state index contributed by atoms with van der Waals surface area (Å²) in [6.45, 7) is 0.497. The van der Waals surface area contributed by atoms with Gasteiger partial charge in [-0.05, 0) is 0 Å². The number of nitrogens with zero attached hydrogens (tertiary/aromatic N) is 1. The summed E-state index contributed by atoms with van der Waals surface area (Å²) in [6, 6.07) is 0. The minimum absolute atomic E-state index is 0.00417. The number of likely N-dealkylation sites (tertiary alicyclic amines) is 1. The van der Waals surface area contributed by atoms with Gasteiger partial charge in [-0.1, -0.05) is 0 Å². The van der Waals surface area contributed by atoms with E-state index in [4.69, 9.17) is 5.11 Å². The number of amides is 1. The molecule has 1 N–H and O–H groups in total. The SMILES string of the molecule is O=CC1CN(C(=O)CO)C1. The highest BCUT2D eigenvalue weighted by Crippen LogP contribution is 2.11. The fraction of sp³-hybridized carbons (Fsp3) is 0.667. The number of hydrogen-bond donors (Lipinski definition) is 1. The molecule has 4 nitrogen and oxygen atoms in total. The molecule has 1 aliphatic heterocycles. The van der Waals surface area contributed by atoms with Crippen LogP contribution in [0.4, 0.5) is 0 Å². The zero-order valence-corrected chi connectivity index (χ0v) is 5.49. The molecule has 1 saturated heterocycles. The fourth-order valence-electron chi connectivity index (χ4n) is 0.902. The van der Waals surface area contributed by atoms with Gasteiger partial charge in [0.05, 0.1) is 0 Å². The molecule has 1 aliphatic rings. The number of aliphatic hydroxyl groups excluding tert-OH is 1. The van der Waals surface area contributed by atoms with Crippen LogP contribution in [0.1, 0.15) is 0 Å². The van der Waals surface area contributed by atoms with Crippen LogP contribution in [0.25, 0.3) is 0 Å². The minimum Gasteiger partial charge on any atom is -0.387 e. The van der Waals surface area contributed by atoms with E-state index in [2.05, 4.69) is 0 Å². The third-order valence-electron chi connectivity index (χ3n) is 1.59. The van der Waals surface area contributed by atoms with Gasteiger partial charge in [-0.15, -0.1) is 0 Å². The first kappa shape index (κ1) is 7.21. The molecule has 0 aromatic rings. The van der Waals surface area contributed by atoms with Gasteiger partial charge in [0.15, 0.2) is 0 Å². The summed E-state index contributed by atoms with van der Waals surface area (Å²) in [7, 11) is 0. The van der Waals surface area contributed by atoms with Crippen molar-refractivity contribution in [3.8, 4) is 0 Å². The Labute approximate surface area is 58.4 Å². The summed E-state index contributed by atoms with van der Waals surface area (Å²) in [5.74, 6) is -0.298. The zero-order chi connectivity index (χ0) is 7.56. The van der Waals surface area contributed by atoms with Crippen LogP contribution >= 0.6 is 0 Å². The highest BCUT2D eigenvalue weighted by atomic mass is 16.3. The van der Waals surface area contributed by atoms with E-state index in [0.29, 0.717) is 13.1 Å². The van der Waals surface area contributed by atoms with Crippen LogP contribution in [-0.4, -0.2) is 41.9 Å². The van der Waals surface area contributed by atoms with Crippen molar-refractivity contribution in [2.24, 2.45) is 5.92 Å². The topological polar surface area (TPSA) is 57.6 Å². The van der Waals surface area contributed by atoms with Gasteiger partial charge >= 0.3 is 0 Å². The van der Waals surface area contributed by atoms with Crippen molar-refractivity contribution in [1.82, 2.24) is 4.90 Å². The van der Waals surface area contributed by atoms with Gasteiger partial charge in [0.25, 0.3) is 0 Å². The van der Waals surface area contributed by atoms with Crippen molar-refractivity contribution in [1.29, 1.82) is 0 Å². The summed E-state index contributed by atoms with van der Waals surface area (Å²) in [6.07, 6.45) is 0.834. The Bertz CT molecular complexity index is 151. The number of carbonyl (C=O) groups excluding carboxylic acids is 2. The first-order valence-electron chi connectivity index (χ1n) is 3.12. The second-order valence-electron chi connectivity index (χ2n) is 2.35. The van der Waals surface area contributed by atoms with Gasteiger partial charge in [-0.25, -0.2) is 0 Å². The lowest BCUT2D eigenvalue weighted by Crippen LogP contribution is -2.51.